The molecule has 0 atom stereocenters. The van der Waals surface area contributed by atoms with Crippen LogP contribution in [-0.4, -0.2) is 20.2 Å². The van der Waals surface area contributed by atoms with Crippen molar-refractivity contribution in [2.24, 2.45) is 0 Å². The molecule has 1 aromatic carbocycles. The molecule has 3 heterocycles. The van der Waals surface area contributed by atoms with Gasteiger partial charge in [0, 0.05) is 11.6 Å². The second-order valence-corrected chi connectivity index (χ2v) is 5.10. The minimum absolute atomic E-state index is 0.401. The Bertz CT molecular complexity index is 949. The van der Waals surface area contributed by atoms with E-state index in [2.05, 4.69) is 30.8 Å². The van der Waals surface area contributed by atoms with Crippen molar-refractivity contribution in [1.29, 1.82) is 0 Å². The lowest BCUT2D eigenvalue weighted by molar-refractivity contribution is 0.517. The summed E-state index contributed by atoms with van der Waals surface area (Å²) >= 11 is 0. The summed E-state index contributed by atoms with van der Waals surface area (Å²) in [6, 6.07) is 13.5. The minimum atomic E-state index is 0.401. The van der Waals surface area contributed by atoms with Crippen LogP contribution in [0.1, 0.15) is 5.76 Å². The first-order valence-corrected chi connectivity index (χ1v) is 7.45. The Morgan fingerprint density at radius 1 is 1.04 bits per heavy atom. The van der Waals surface area contributed by atoms with Crippen LogP contribution in [0.15, 0.2) is 65.5 Å². The molecule has 0 aliphatic heterocycles. The van der Waals surface area contributed by atoms with E-state index in [0.717, 1.165) is 22.4 Å². The van der Waals surface area contributed by atoms with E-state index in [4.69, 9.17) is 4.42 Å². The predicted octanol–water partition coefficient (Wildman–Crippen LogP) is 3.37. The fourth-order valence-corrected chi connectivity index (χ4v) is 2.36. The van der Waals surface area contributed by atoms with Crippen LogP contribution in [0, 0.1) is 0 Å². The van der Waals surface area contributed by atoms with Crippen molar-refractivity contribution in [3.63, 3.8) is 0 Å². The summed E-state index contributed by atoms with van der Waals surface area (Å²) in [6.07, 6.45) is 4.96. The normalized spacial score (nSPS) is 10.7. The summed E-state index contributed by atoms with van der Waals surface area (Å²) in [5.74, 6) is 1.83. The maximum atomic E-state index is 5.28. The van der Waals surface area contributed by atoms with Crippen molar-refractivity contribution in [3.8, 4) is 0 Å². The second kappa shape index (κ2) is 6.33. The number of aromatic nitrogens is 4. The molecule has 24 heavy (non-hydrogen) atoms. The first-order valence-electron chi connectivity index (χ1n) is 7.45. The molecule has 0 saturated carbocycles. The summed E-state index contributed by atoms with van der Waals surface area (Å²) in [5, 5.41) is 15.4. The molecule has 118 valence electrons. The Balaban J connectivity index is 1.55. The number of para-hydroxylation sites is 1. The zero-order valence-electron chi connectivity index (χ0n) is 12.7. The molecular formula is C17H14N6O. The zero-order chi connectivity index (χ0) is 16.2. The number of nitrogens with zero attached hydrogens (tertiary/aromatic N) is 4. The molecule has 0 bridgehead atoms. The van der Waals surface area contributed by atoms with Crippen LogP contribution in [0.5, 0.6) is 0 Å². The maximum absolute atomic E-state index is 5.28. The second-order valence-electron chi connectivity index (χ2n) is 5.10. The molecule has 0 aliphatic rings. The number of hydrogen-bond acceptors (Lipinski definition) is 7. The van der Waals surface area contributed by atoms with Crippen LogP contribution in [-0.2, 0) is 6.54 Å². The molecule has 0 amide bonds. The lowest BCUT2D eigenvalue weighted by Gasteiger charge is -2.08. The number of benzene rings is 1. The summed E-state index contributed by atoms with van der Waals surface area (Å²) in [7, 11) is 0. The topological polar surface area (TPSA) is 88.8 Å². The summed E-state index contributed by atoms with van der Waals surface area (Å²) < 4.78 is 5.28. The molecule has 0 radical (unpaired) electrons. The molecule has 0 unspecified atom stereocenters. The number of anilines is 3. The van der Waals surface area contributed by atoms with Gasteiger partial charge in [-0.25, -0.2) is 0 Å². The van der Waals surface area contributed by atoms with Crippen molar-refractivity contribution < 1.29 is 4.42 Å². The van der Waals surface area contributed by atoms with Gasteiger partial charge in [0.1, 0.15) is 5.76 Å². The Morgan fingerprint density at radius 3 is 2.92 bits per heavy atom. The SMILES string of the molecule is c1coc(CNc2cnnc(Nc3cccc4cccnc34)n2)c1. The predicted molar refractivity (Wildman–Crippen MR) is 90.9 cm³/mol. The van der Waals surface area contributed by atoms with E-state index in [9.17, 15) is 0 Å². The molecule has 0 aliphatic carbocycles. The first-order chi connectivity index (χ1) is 11.9. The van der Waals surface area contributed by atoms with Crippen LogP contribution >= 0.6 is 0 Å². The largest absolute Gasteiger partial charge is 0.467 e. The van der Waals surface area contributed by atoms with Gasteiger partial charge >= 0.3 is 0 Å². The van der Waals surface area contributed by atoms with Crippen molar-refractivity contribution in [2.45, 2.75) is 6.54 Å². The van der Waals surface area contributed by atoms with E-state index >= 15 is 0 Å². The Morgan fingerprint density at radius 2 is 2.00 bits per heavy atom. The third-order valence-corrected chi connectivity index (χ3v) is 3.46. The van der Waals surface area contributed by atoms with Crippen LogP contribution < -0.4 is 10.6 Å². The van der Waals surface area contributed by atoms with E-state index < -0.39 is 0 Å². The first kappa shape index (κ1) is 14.1. The van der Waals surface area contributed by atoms with E-state index in [-0.39, 0.29) is 0 Å². The molecule has 3 aromatic heterocycles. The van der Waals surface area contributed by atoms with Crippen molar-refractivity contribution in [3.05, 3.63) is 66.9 Å². The average Bonchev–Trinajstić information content (AvgIpc) is 3.14. The number of furan rings is 1. The van der Waals surface area contributed by atoms with Gasteiger partial charge in [0.15, 0.2) is 5.82 Å². The van der Waals surface area contributed by atoms with Gasteiger partial charge in [0.05, 0.1) is 30.2 Å². The Kier molecular flexibility index (Phi) is 3.73. The highest BCUT2D eigenvalue weighted by Gasteiger charge is 2.06. The molecule has 2 N–H and O–H groups in total. The molecule has 0 saturated heterocycles. The van der Waals surface area contributed by atoms with Gasteiger partial charge in [-0.3, -0.25) is 4.98 Å². The molecule has 4 rings (SSSR count). The van der Waals surface area contributed by atoms with Crippen molar-refractivity contribution >= 4 is 28.4 Å². The fourth-order valence-electron chi connectivity index (χ4n) is 2.36. The monoisotopic (exact) mass is 318 g/mol. The third kappa shape index (κ3) is 3.00. The van der Waals surface area contributed by atoms with Gasteiger partial charge in [0.2, 0.25) is 5.95 Å². The van der Waals surface area contributed by atoms with Gasteiger partial charge in [-0.2, -0.15) is 10.1 Å². The van der Waals surface area contributed by atoms with E-state index in [1.165, 1.54) is 0 Å². The van der Waals surface area contributed by atoms with Gasteiger partial charge in [-0.15, -0.1) is 5.10 Å². The van der Waals surface area contributed by atoms with Crippen LogP contribution in [0.25, 0.3) is 10.9 Å². The highest BCUT2D eigenvalue weighted by Crippen LogP contribution is 2.23. The number of nitrogens with one attached hydrogen (secondary N) is 2. The molecule has 7 heteroatoms. The minimum Gasteiger partial charge on any atom is -0.467 e. The standard InChI is InChI=1S/C17H14N6O/c1-4-12-5-2-8-18-16(12)14(7-1)21-17-22-15(11-20-23-17)19-10-13-6-3-9-24-13/h1-9,11H,10H2,(H2,19,21,22,23). The molecule has 0 spiro atoms. The van der Waals surface area contributed by atoms with Crippen LogP contribution in [0.4, 0.5) is 17.5 Å². The van der Waals surface area contributed by atoms with E-state index in [0.29, 0.717) is 18.3 Å². The van der Waals surface area contributed by atoms with E-state index in [1.807, 2.05) is 42.5 Å². The Hall–Kier alpha value is -3.48. The van der Waals surface area contributed by atoms with Crippen molar-refractivity contribution in [1.82, 2.24) is 20.2 Å². The number of rotatable bonds is 5. The van der Waals surface area contributed by atoms with Gasteiger partial charge in [-0.1, -0.05) is 18.2 Å². The molecule has 0 fully saturated rings. The summed E-state index contributed by atoms with van der Waals surface area (Å²) in [5.41, 5.74) is 1.69. The van der Waals surface area contributed by atoms with Gasteiger partial charge < -0.3 is 15.1 Å². The average molecular weight is 318 g/mol. The highest BCUT2D eigenvalue weighted by atomic mass is 16.3. The van der Waals surface area contributed by atoms with Crippen molar-refractivity contribution in [2.75, 3.05) is 10.6 Å². The Labute approximate surface area is 137 Å². The van der Waals surface area contributed by atoms with Crippen LogP contribution in [0.3, 0.4) is 0 Å². The molecular weight excluding hydrogens is 304 g/mol. The maximum Gasteiger partial charge on any atom is 0.249 e. The van der Waals surface area contributed by atoms with Gasteiger partial charge in [0.25, 0.3) is 0 Å². The van der Waals surface area contributed by atoms with E-state index in [1.54, 1.807) is 18.7 Å². The summed E-state index contributed by atoms with van der Waals surface area (Å²) in [6.45, 7) is 0.529. The van der Waals surface area contributed by atoms with Gasteiger partial charge in [-0.05, 0) is 24.3 Å². The highest BCUT2D eigenvalue weighted by molar-refractivity contribution is 5.91. The summed E-state index contributed by atoms with van der Waals surface area (Å²) in [4.78, 5) is 8.81. The number of pyridine rings is 1. The molecule has 7 nitrogen and oxygen atoms in total. The lowest BCUT2D eigenvalue weighted by Crippen LogP contribution is -2.05. The fraction of sp³-hybridized carbons (Fsp3) is 0.0588. The van der Waals surface area contributed by atoms with Crippen LogP contribution in [0.2, 0.25) is 0 Å². The molecule has 4 aromatic rings. The number of hydrogen-bond donors (Lipinski definition) is 2. The number of fused-ring (bicyclic) bond motifs is 1. The zero-order valence-corrected chi connectivity index (χ0v) is 12.7. The quantitative estimate of drug-likeness (QED) is 0.583. The lowest BCUT2D eigenvalue weighted by atomic mass is 10.2. The smallest absolute Gasteiger partial charge is 0.249 e. The third-order valence-electron chi connectivity index (χ3n) is 3.46.